The second-order valence-electron chi connectivity index (χ2n) is 12.5. The Bertz CT molecular complexity index is 589. The van der Waals surface area contributed by atoms with Crippen LogP contribution in [0.15, 0.2) is 0 Å². The van der Waals surface area contributed by atoms with E-state index >= 15 is 0 Å². The van der Waals surface area contributed by atoms with Crippen LogP contribution in [0.4, 0.5) is 0 Å². The van der Waals surface area contributed by atoms with Crippen LogP contribution in [0.2, 0.25) is 0 Å². The maximum absolute atomic E-state index is 12.7. The Hall–Kier alpha value is -1.14. The Labute approximate surface area is 215 Å². The molecule has 0 aromatic rings. The van der Waals surface area contributed by atoms with Crippen molar-refractivity contribution in [1.29, 1.82) is 0 Å². The SMILES string of the molecule is CCCC1CCC(CCCCCCCCCCC(=O)OOC(C)(C)C)CC1C(=O)OOC(C)(C)C. The van der Waals surface area contributed by atoms with Crippen LogP contribution < -0.4 is 0 Å². The summed E-state index contributed by atoms with van der Waals surface area (Å²) in [5.41, 5.74) is -0.935. The molecule has 3 atom stereocenters. The van der Waals surface area contributed by atoms with E-state index in [0.717, 1.165) is 44.9 Å². The lowest BCUT2D eigenvalue weighted by Crippen LogP contribution is -2.34. The van der Waals surface area contributed by atoms with Gasteiger partial charge in [-0.25, -0.2) is 9.59 Å². The Kier molecular flexibility index (Phi) is 15.1. The Morgan fingerprint density at radius 1 is 0.714 bits per heavy atom. The highest BCUT2D eigenvalue weighted by Gasteiger charge is 2.36. The summed E-state index contributed by atoms with van der Waals surface area (Å²) in [5, 5.41) is 0. The summed E-state index contributed by atoms with van der Waals surface area (Å²) in [6.07, 6.45) is 16.4. The minimum atomic E-state index is -0.475. The predicted octanol–water partition coefficient (Wildman–Crippen LogP) is 8.27. The molecular weight excluding hydrogens is 444 g/mol. The molecule has 0 heterocycles. The fourth-order valence-electron chi connectivity index (χ4n) is 4.79. The Morgan fingerprint density at radius 2 is 1.26 bits per heavy atom. The number of rotatable bonds is 16. The molecule has 1 rings (SSSR count). The summed E-state index contributed by atoms with van der Waals surface area (Å²) in [7, 11) is 0. The molecule has 0 aromatic heterocycles. The van der Waals surface area contributed by atoms with Crippen molar-refractivity contribution >= 4 is 11.9 Å². The van der Waals surface area contributed by atoms with Gasteiger partial charge >= 0.3 is 11.9 Å². The maximum Gasteiger partial charge on any atom is 0.345 e. The zero-order valence-electron chi connectivity index (χ0n) is 23.8. The highest BCUT2D eigenvalue weighted by atomic mass is 17.2. The van der Waals surface area contributed by atoms with Gasteiger partial charge in [-0.05, 0) is 79.1 Å². The molecule has 3 unspecified atom stereocenters. The van der Waals surface area contributed by atoms with Gasteiger partial charge in [0, 0.05) is 6.42 Å². The molecule has 0 saturated heterocycles. The van der Waals surface area contributed by atoms with Crippen molar-refractivity contribution in [2.45, 2.75) is 156 Å². The van der Waals surface area contributed by atoms with Gasteiger partial charge in [0.05, 0.1) is 5.92 Å². The van der Waals surface area contributed by atoms with E-state index in [1.54, 1.807) is 0 Å². The Balaban J connectivity index is 2.14. The third kappa shape index (κ3) is 16.3. The van der Waals surface area contributed by atoms with Crippen LogP contribution in [0.5, 0.6) is 0 Å². The molecule has 1 fully saturated rings. The van der Waals surface area contributed by atoms with Crippen molar-refractivity contribution in [3.8, 4) is 0 Å². The molecule has 1 aliphatic carbocycles. The molecular formula is C29H54O6. The molecule has 0 aliphatic heterocycles. The molecule has 0 aromatic carbocycles. The fourth-order valence-corrected chi connectivity index (χ4v) is 4.79. The van der Waals surface area contributed by atoms with Crippen LogP contribution in [0.3, 0.4) is 0 Å². The highest BCUT2D eigenvalue weighted by Crippen LogP contribution is 2.39. The van der Waals surface area contributed by atoms with Gasteiger partial charge in [0.2, 0.25) is 0 Å². The number of hydrogen-bond donors (Lipinski definition) is 0. The van der Waals surface area contributed by atoms with Crippen molar-refractivity contribution in [2.24, 2.45) is 17.8 Å². The van der Waals surface area contributed by atoms with E-state index in [9.17, 15) is 9.59 Å². The van der Waals surface area contributed by atoms with Crippen molar-refractivity contribution in [1.82, 2.24) is 0 Å². The van der Waals surface area contributed by atoms with Gasteiger partial charge in [-0.2, -0.15) is 9.78 Å². The Morgan fingerprint density at radius 3 is 1.83 bits per heavy atom. The first-order valence-corrected chi connectivity index (χ1v) is 14.2. The zero-order valence-corrected chi connectivity index (χ0v) is 23.8. The van der Waals surface area contributed by atoms with Gasteiger partial charge in [-0.1, -0.05) is 71.1 Å². The molecule has 6 nitrogen and oxygen atoms in total. The summed E-state index contributed by atoms with van der Waals surface area (Å²) in [5.74, 6) is 0.588. The maximum atomic E-state index is 12.7. The van der Waals surface area contributed by atoms with Crippen molar-refractivity contribution in [2.75, 3.05) is 0 Å². The first-order chi connectivity index (χ1) is 16.4. The van der Waals surface area contributed by atoms with E-state index in [-0.39, 0.29) is 17.9 Å². The quantitative estimate of drug-likeness (QED) is 0.121. The summed E-state index contributed by atoms with van der Waals surface area (Å²) in [4.78, 5) is 44.8. The second-order valence-corrected chi connectivity index (χ2v) is 12.5. The van der Waals surface area contributed by atoms with Gasteiger partial charge in [0.15, 0.2) is 0 Å². The van der Waals surface area contributed by atoms with E-state index in [1.165, 1.54) is 44.9 Å². The lowest BCUT2D eigenvalue weighted by molar-refractivity contribution is -0.324. The first-order valence-electron chi connectivity index (χ1n) is 14.2. The molecule has 1 aliphatic rings. The van der Waals surface area contributed by atoms with Crippen LogP contribution in [-0.4, -0.2) is 23.1 Å². The summed E-state index contributed by atoms with van der Waals surface area (Å²) < 4.78 is 0. The fraction of sp³-hybridized carbons (Fsp3) is 0.931. The average Bonchev–Trinajstić information content (AvgIpc) is 2.77. The van der Waals surface area contributed by atoms with Crippen molar-refractivity contribution < 1.29 is 29.1 Å². The highest BCUT2D eigenvalue weighted by molar-refractivity contribution is 5.72. The van der Waals surface area contributed by atoms with Crippen LogP contribution in [0, 0.1) is 17.8 Å². The monoisotopic (exact) mass is 498 g/mol. The largest absolute Gasteiger partial charge is 0.345 e. The number of carbonyl (C=O) groups is 2. The molecule has 1 saturated carbocycles. The lowest BCUT2D eigenvalue weighted by Gasteiger charge is -2.35. The molecule has 0 N–H and O–H groups in total. The number of carbonyl (C=O) groups excluding carboxylic acids is 2. The number of hydrogen-bond acceptors (Lipinski definition) is 6. The normalized spacial score (nSPS) is 21.1. The lowest BCUT2D eigenvalue weighted by atomic mass is 9.71. The van der Waals surface area contributed by atoms with Gasteiger partial charge in [0.25, 0.3) is 0 Å². The molecule has 0 spiro atoms. The molecule has 6 heteroatoms. The van der Waals surface area contributed by atoms with E-state index in [4.69, 9.17) is 19.6 Å². The molecule has 0 bridgehead atoms. The molecule has 0 amide bonds. The van der Waals surface area contributed by atoms with E-state index < -0.39 is 11.2 Å². The zero-order chi connectivity index (χ0) is 26.3. The van der Waals surface area contributed by atoms with Gasteiger partial charge in [-0.3, -0.25) is 9.78 Å². The predicted molar refractivity (Wildman–Crippen MR) is 139 cm³/mol. The van der Waals surface area contributed by atoms with Gasteiger partial charge < -0.3 is 0 Å². The minimum Gasteiger partial charge on any atom is -0.298 e. The third-order valence-corrected chi connectivity index (χ3v) is 6.57. The van der Waals surface area contributed by atoms with Gasteiger partial charge in [0.1, 0.15) is 11.2 Å². The van der Waals surface area contributed by atoms with Crippen LogP contribution in [-0.2, 0) is 29.1 Å². The minimum absolute atomic E-state index is 0.0200. The topological polar surface area (TPSA) is 71.1 Å². The second kappa shape index (κ2) is 16.6. The molecule has 0 radical (unpaired) electrons. The summed E-state index contributed by atoms with van der Waals surface area (Å²) >= 11 is 0. The van der Waals surface area contributed by atoms with E-state index in [1.807, 2.05) is 41.5 Å². The molecule has 206 valence electrons. The summed E-state index contributed by atoms with van der Waals surface area (Å²) in [6.45, 7) is 13.5. The number of unbranched alkanes of at least 4 members (excludes halogenated alkanes) is 7. The van der Waals surface area contributed by atoms with Crippen molar-refractivity contribution in [3.05, 3.63) is 0 Å². The van der Waals surface area contributed by atoms with Crippen LogP contribution in [0.1, 0.15) is 145 Å². The van der Waals surface area contributed by atoms with Crippen LogP contribution >= 0.6 is 0 Å². The smallest absolute Gasteiger partial charge is 0.298 e. The standard InChI is InChI=1S/C29H54O6/c1-8-17-24-21-20-23(22-25(24)27(31)33-35-29(5,6)7)18-15-13-11-9-10-12-14-16-19-26(30)32-34-28(2,3)4/h23-25H,8-22H2,1-7H3. The first kappa shape index (κ1) is 31.9. The van der Waals surface area contributed by atoms with E-state index in [2.05, 4.69) is 6.92 Å². The summed E-state index contributed by atoms with van der Waals surface area (Å²) in [6, 6.07) is 0. The van der Waals surface area contributed by atoms with E-state index in [0.29, 0.717) is 18.3 Å². The van der Waals surface area contributed by atoms with Crippen molar-refractivity contribution in [3.63, 3.8) is 0 Å². The van der Waals surface area contributed by atoms with Gasteiger partial charge in [-0.15, -0.1) is 0 Å². The molecule has 35 heavy (non-hydrogen) atoms. The average molecular weight is 499 g/mol. The van der Waals surface area contributed by atoms with Crippen LogP contribution in [0.25, 0.3) is 0 Å². The third-order valence-electron chi connectivity index (χ3n) is 6.57.